The summed E-state index contributed by atoms with van der Waals surface area (Å²) in [6.07, 6.45) is 5.23. The van der Waals surface area contributed by atoms with Gasteiger partial charge in [0.15, 0.2) is 11.5 Å². The summed E-state index contributed by atoms with van der Waals surface area (Å²) in [7, 11) is 1.74. The first kappa shape index (κ1) is 14.5. The maximum atomic E-state index is 12.4. The van der Waals surface area contributed by atoms with Crippen molar-refractivity contribution in [3.05, 3.63) is 30.1 Å². The zero-order valence-electron chi connectivity index (χ0n) is 13.5. The average Bonchev–Trinajstić information content (AvgIpc) is 3.21. The van der Waals surface area contributed by atoms with Gasteiger partial charge in [-0.1, -0.05) is 5.21 Å². The predicted molar refractivity (Wildman–Crippen MR) is 84.6 cm³/mol. The Labute approximate surface area is 137 Å². The second-order valence-electron chi connectivity index (χ2n) is 5.75. The highest BCUT2D eigenvalue weighted by Crippen LogP contribution is 2.19. The number of aromatic nitrogens is 7. The number of amides is 1. The molecule has 0 aliphatic carbocycles. The largest absolute Gasteiger partial charge is 0.350 e. The Hall–Kier alpha value is -3.04. The number of anilines is 1. The van der Waals surface area contributed by atoms with Crippen molar-refractivity contribution in [2.24, 2.45) is 7.05 Å². The van der Waals surface area contributed by atoms with E-state index in [-0.39, 0.29) is 5.91 Å². The summed E-state index contributed by atoms with van der Waals surface area (Å²) in [4.78, 5) is 20.8. The van der Waals surface area contributed by atoms with Crippen LogP contribution < -0.4 is 4.90 Å². The molecule has 1 amide bonds. The van der Waals surface area contributed by atoms with Crippen LogP contribution in [0.2, 0.25) is 0 Å². The topological polar surface area (TPSA) is 97.3 Å². The molecular formula is C14H17N9O. The smallest absolute Gasteiger partial charge is 0.276 e. The molecular weight excluding hydrogens is 310 g/mol. The molecule has 124 valence electrons. The maximum Gasteiger partial charge on any atom is 0.276 e. The molecule has 3 aromatic heterocycles. The van der Waals surface area contributed by atoms with Gasteiger partial charge in [0.05, 0.1) is 6.20 Å². The third-order valence-electron chi connectivity index (χ3n) is 4.17. The molecule has 1 saturated heterocycles. The summed E-state index contributed by atoms with van der Waals surface area (Å²) in [5.74, 6) is 1.53. The molecule has 4 rings (SSSR count). The Bertz CT molecular complexity index is 891. The first-order valence-electron chi connectivity index (χ1n) is 7.70. The first-order valence-corrected chi connectivity index (χ1v) is 7.70. The van der Waals surface area contributed by atoms with Crippen LogP contribution in [0, 0.1) is 6.92 Å². The normalized spacial score (nSPS) is 15.2. The summed E-state index contributed by atoms with van der Waals surface area (Å²) in [6, 6.07) is 0. The Kier molecular flexibility index (Phi) is 3.36. The minimum atomic E-state index is -0.0905. The third-order valence-corrected chi connectivity index (χ3v) is 4.17. The van der Waals surface area contributed by atoms with Crippen molar-refractivity contribution in [2.45, 2.75) is 6.92 Å². The Balaban J connectivity index is 1.50. The summed E-state index contributed by atoms with van der Waals surface area (Å²) < 4.78 is 3.45. The molecule has 0 atom stereocenters. The molecule has 0 saturated carbocycles. The third kappa shape index (κ3) is 2.36. The minimum Gasteiger partial charge on any atom is -0.350 e. The zero-order chi connectivity index (χ0) is 16.7. The van der Waals surface area contributed by atoms with E-state index >= 15 is 0 Å². The number of nitrogens with zero attached hydrogens (tertiary/aromatic N) is 9. The number of fused-ring (bicyclic) bond motifs is 1. The van der Waals surface area contributed by atoms with Crippen LogP contribution in [0.5, 0.6) is 0 Å². The number of hydrogen-bond acceptors (Lipinski definition) is 7. The Morgan fingerprint density at radius 3 is 2.62 bits per heavy atom. The molecule has 10 heteroatoms. The molecule has 10 nitrogen and oxygen atoms in total. The number of hydrogen-bond donors (Lipinski definition) is 0. The molecule has 0 spiro atoms. The van der Waals surface area contributed by atoms with E-state index in [4.69, 9.17) is 0 Å². The lowest BCUT2D eigenvalue weighted by Gasteiger charge is -2.34. The van der Waals surface area contributed by atoms with Crippen LogP contribution in [-0.4, -0.2) is 71.6 Å². The van der Waals surface area contributed by atoms with Gasteiger partial charge in [0.25, 0.3) is 5.91 Å². The molecule has 1 aliphatic rings. The van der Waals surface area contributed by atoms with Crippen molar-refractivity contribution in [1.82, 2.24) is 39.5 Å². The molecule has 0 unspecified atom stereocenters. The van der Waals surface area contributed by atoms with E-state index in [1.807, 2.05) is 17.5 Å². The maximum absolute atomic E-state index is 12.4. The van der Waals surface area contributed by atoms with E-state index in [2.05, 4.69) is 30.4 Å². The summed E-state index contributed by atoms with van der Waals surface area (Å²) in [5.41, 5.74) is 1.11. The number of carbonyl (C=O) groups is 1. The lowest BCUT2D eigenvalue weighted by atomic mass is 10.3. The lowest BCUT2D eigenvalue weighted by Crippen LogP contribution is -2.49. The number of rotatable bonds is 2. The fraction of sp³-hybridized carbons (Fsp3) is 0.429. The average molecular weight is 327 g/mol. The van der Waals surface area contributed by atoms with Gasteiger partial charge < -0.3 is 9.80 Å². The van der Waals surface area contributed by atoms with Gasteiger partial charge in [-0.25, -0.2) is 4.98 Å². The number of aryl methyl sites for hydroxylation is 2. The van der Waals surface area contributed by atoms with Gasteiger partial charge in [0.1, 0.15) is 5.82 Å². The highest BCUT2D eigenvalue weighted by Gasteiger charge is 2.26. The highest BCUT2D eigenvalue weighted by atomic mass is 16.2. The first-order chi connectivity index (χ1) is 11.6. The summed E-state index contributed by atoms with van der Waals surface area (Å²) in [6.45, 7) is 4.48. The summed E-state index contributed by atoms with van der Waals surface area (Å²) >= 11 is 0. The van der Waals surface area contributed by atoms with Gasteiger partial charge in [-0.2, -0.15) is 0 Å². The van der Waals surface area contributed by atoms with E-state index < -0.39 is 0 Å². The minimum absolute atomic E-state index is 0.0905. The SMILES string of the molecule is Cc1nnc2c(N3CCN(C(=O)c4cn(C)nn4)CC3)nccn12. The monoisotopic (exact) mass is 327 g/mol. The molecule has 1 aliphatic heterocycles. The lowest BCUT2D eigenvalue weighted by molar-refractivity contribution is 0.0740. The molecule has 0 radical (unpaired) electrons. The van der Waals surface area contributed by atoms with E-state index in [1.54, 1.807) is 24.3 Å². The van der Waals surface area contributed by atoms with Gasteiger partial charge in [-0.05, 0) is 6.92 Å². The fourth-order valence-electron chi connectivity index (χ4n) is 2.88. The second-order valence-corrected chi connectivity index (χ2v) is 5.75. The van der Waals surface area contributed by atoms with E-state index in [1.165, 1.54) is 4.68 Å². The molecule has 0 bridgehead atoms. The predicted octanol–water partition coefficient (Wildman–Crippen LogP) is -0.476. The fourth-order valence-corrected chi connectivity index (χ4v) is 2.88. The van der Waals surface area contributed by atoms with Crippen LogP contribution in [0.3, 0.4) is 0 Å². The van der Waals surface area contributed by atoms with Crippen LogP contribution in [-0.2, 0) is 7.05 Å². The van der Waals surface area contributed by atoms with Gasteiger partial charge in [-0.15, -0.1) is 15.3 Å². The van der Waals surface area contributed by atoms with E-state index in [9.17, 15) is 4.79 Å². The van der Waals surface area contributed by atoms with E-state index in [0.29, 0.717) is 31.9 Å². The van der Waals surface area contributed by atoms with Crippen molar-refractivity contribution in [3.63, 3.8) is 0 Å². The quantitative estimate of drug-likeness (QED) is 0.627. The highest BCUT2D eigenvalue weighted by molar-refractivity contribution is 5.92. The van der Waals surface area contributed by atoms with Crippen LogP contribution >= 0.6 is 0 Å². The summed E-state index contributed by atoms with van der Waals surface area (Å²) in [5, 5.41) is 16.0. The van der Waals surface area contributed by atoms with Crippen LogP contribution in [0.1, 0.15) is 16.3 Å². The van der Waals surface area contributed by atoms with Crippen molar-refractivity contribution in [1.29, 1.82) is 0 Å². The second kappa shape index (κ2) is 5.55. The van der Waals surface area contributed by atoms with Crippen molar-refractivity contribution in [3.8, 4) is 0 Å². The van der Waals surface area contributed by atoms with Gasteiger partial charge >= 0.3 is 0 Å². The molecule has 24 heavy (non-hydrogen) atoms. The van der Waals surface area contributed by atoms with Crippen LogP contribution in [0.15, 0.2) is 18.6 Å². The van der Waals surface area contributed by atoms with Gasteiger partial charge in [-0.3, -0.25) is 13.9 Å². The number of carbonyl (C=O) groups excluding carboxylic acids is 1. The molecule has 3 aromatic rings. The van der Waals surface area contributed by atoms with Gasteiger partial charge in [0, 0.05) is 45.6 Å². The standard InChI is InChI=1S/C14H17N9O/c1-10-16-18-13-12(15-3-4-23(10)13)21-5-7-22(8-6-21)14(24)11-9-20(2)19-17-11/h3-4,9H,5-8H2,1-2H3. The zero-order valence-corrected chi connectivity index (χ0v) is 13.5. The molecule has 0 N–H and O–H groups in total. The van der Waals surface area contributed by atoms with Gasteiger partial charge in [0.2, 0.25) is 5.65 Å². The Morgan fingerprint density at radius 1 is 1.12 bits per heavy atom. The molecule has 0 aromatic carbocycles. The van der Waals surface area contributed by atoms with Crippen molar-refractivity contribution < 1.29 is 4.79 Å². The van der Waals surface area contributed by atoms with Crippen molar-refractivity contribution in [2.75, 3.05) is 31.1 Å². The van der Waals surface area contributed by atoms with Crippen LogP contribution in [0.4, 0.5) is 5.82 Å². The van der Waals surface area contributed by atoms with Crippen molar-refractivity contribution >= 4 is 17.4 Å². The number of piperazine rings is 1. The Morgan fingerprint density at radius 2 is 1.92 bits per heavy atom. The van der Waals surface area contributed by atoms with Crippen LogP contribution in [0.25, 0.3) is 5.65 Å². The molecule has 1 fully saturated rings. The molecule has 4 heterocycles. The van der Waals surface area contributed by atoms with E-state index in [0.717, 1.165) is 17.3 Å².